The van der Waals surface area contributed by atoms with Crippen molar-refractivity contribution >= 4 is 11.9 Å². The molecule has 0 saturated heterocycles. The van der Waals surface area contributed by atoms with Gasteiger partial charge in [0.2, 0.25) is 0 Å². The highest BCUT2D eigenvalue weighted by Crippen LogP contribution is 2.16. The number of hydrogen-bond donors (Lipinski definition) is 1. The van der Waals surface area contributed by atoms with Crippen LogP contribution >= 0.6 is 0 Å². The van der Waals surface area contributed by atoms with Crippen LogP contribution in [0.25, 0.3) is 0 Å². The molecule has 0 aliphatic rings. The van der Waals surface area contributed by atoms with Crippen LogP contribution < -0.4 is 0 Å². The van der Waals surface area contributed by atoms with Crippen LogP contribution in [0.4, 0.5) is 0 Å². The maximum Gasteiger partial charge on any atom is 0.323 e. The van der Waals surface area contributed by atoms with Crippen LogP contribution in [0.2, 0.25) is 0 Å². The van der Waals surface area contributed by atoms with Crippen LogP contribution in [-0.2, 0) is 11.8 Å². The highest BCUT2D eigenvalue weighted by atomic mass is 16.4. The van der Waals surface area contributed by atoms with E-state index in [2.05, 4.69) is 5.10 Å². The summed E-state index contributed by atoms with van der Waals surface area (Å²) in [6.45, 7) is 7.29. The molecule has 0 radical (unpaired) electrons. The van der Waals surface area contributed by atoms with Gasteiger partial charge in [-0.1, -0.05) is 13.8 Å². The monoisotopic (exact) mass is 267 g/mol. The lowest BCUT2D eigenvalue weighted by molar-refractivity contribution is -0.138. The SMILES string of the molecule is CC(C)c1cc(C(=O)N(CC(=O)O)C(C)C)nn1C. The maximum atomic E-state index is 12.3. The van der Waals surface area contributed by atoms with Crippen LogP contribution in [0, 0.1) is 0 Å². The van der Waals surface area contributed by atoms with Crippen LogP contribution in [0.15, 0.2) is 6.07 Å². The Morgan fingerprint density at radius 2 is 1.95 bits per heavy atom. The quantitative estimate of drug-likeness (QED) is 0.876. The summed E-state index contributed by atoms with van der Waals surface area (Å²) in [5.74, 6) is -1.12. The Balaban J connectivity index is 3.03. The molecule has 1 aromatic rings. The van der Waals surface area contributed by atoms with E-state index in [4.69, 9.17) is 5.11 Å². The van der Waals surface area contributed by atoms with E-state index in [0.717, 1.165) is 5.69 Å². The van der Waals surface area contributed by atoms with Crippen LogP contribution in [0.3, 0.4) is 0 Å². The second kappa shape index (κ2) is 5.86. The van der Waals surface area contributed by atoms with E-state index < -0.39 is 5.97 Å². The zero-order valence-corrected chi connectivity index (χ0v) is 12.0. The first kappa shape index (κ1) is 15.2. The van der Waals surface area contributed by atoms with Crippen molar-refractivity contribution in [1.29, 1.82) is 0 Å². The highest BCUT2D eigenvalue weighted by Gasteiger charge is 2.24. The van der Waals surface area contributed by atoms with Gasteiger partial charge in [0.15, 0.2) is 5.69 Å². The number of aromatic nitrogens is 2. The standard InChI is InChI=1S/C13H21N3O3/c1-8(2)11-6-10(14-15(11)5)13(19)16(9(3)4)7-12(17)18/h6,8-9H,7H2,1-5H3,(H,17,18). The predicted molar refractivity (Wildman–Crippen MR) is 71.1 cm³/mol. The van der Waals surface area contributed by atoms with Gasteiger partial charge in [0.05, 0.1) is 0 Å². The summed E-state index contributed by atoms with van der Waals surface area (Å²) in [7, 11) is 1.78. The van der Waals surface area contributed by atoms with Gasteiger partial charge >= 0.3 is 5.97 Å². The Morgan fingerprint density at radius 1 is 1.37 bits per heavy atom. The highest BCUT2D eigenvalue weighted by molar-refractivity contribution is 5.94. The molecule has 1 N–H and O–H groups in total. The molecule has 0 spiro atoms. The van der Waals surface area contributed by atoms with Crippen LogP contribution in [-0.4, -0.2) is 44.3 Å². The molecule has 1 rings (SSSR count). The van der Waals surface area contributed by atoms with E-state index in [1.54, 1.807) is 31.6 Å². The first-order valence-corrected chi connectivity index (χ1v) is 6.30. The van der Waals surface area contributed by atoms with Gasteiger partial charge in [-0.05, 0) is 25.8 Å². The van der Waals surface area contributed by atoms with E-state index in [1.165, 1.54) is 4.90 Å². The van der Waals surface area contributed by atoms with Crippen molar-refractivity contribution < 1.29 is 14.7 Å². The zero-order chi connectivity index (χ0) is 14.7. The largest absolute Gasteiger partial charge is 0.480 e. The third kappa shape index (κ3) is 3.56. The minimum atomic E-state index is -1.03. The fourth-order valence-corrected chi connectivity index (χ4v) is 1.91. The molecular formula is C13H21N3O3. The third-order valence-electron chi connectivity index (χ3n) is 2.92. The lowest BCUT2D eigenvalue weighted by atomic mass is 10.1. The molecule has 19 heavy (non-hydrogen) atoms. The Morgan fingerprint density at radius 3 is 2.32 bits per heavy atom. The molecule has 6 nitrogen and oxygen atoms in total. The fourth-order valence-electron chi connectivity index (χ4n) is 1.91. The third-order valence-corrected chi connectivity index (χ3v) is 2.92. The first-order valence-electron chi connectivity index (χ1n) is 6.30. The zero-order valence-electron chi connectivity index (χ0n) is 12.0. The maximum absolute atomic E-state index is 12.3. The second-order valence-electron chi connectivity index (χ2n) is 5.15. The Bertz CT molecular complexity index is 477. The minimum Gasteiger partial charge on any atom is -0.480 e. The molecule has 0 aliphatic carbocycles. The predicted octanol–water partition coefficient (Wildman–Crippen LogP) is 1.48. The number of aliphatic carboxylic acids is 1. The number of hydrogen-bond acceptors (Lipinski definition) is 3. The lowest BCUT2D eigenvalue weighted by Gasteiger charge is -2.23. The molecular weight excluding hydrogens is 246 g/mol. The van der Waals surface area contributed by atoms with E-state index in [0.29, 0.717) is 5.69 Å². The number of nitrogens with zero attached hydrogens (tertiary/aromatic N) is 3. The van der Waals surface area contributed by atoms with E-state index in [-0.39, 0.29) is 24.4 Å². The first-order chi connectivity index (χ1) is 8.73. The number of rotatable bonds is 5. The summed E-state index contributed by atoms with van der Waals surface area (Å²) in [6.07, 6.45) is 0. The van der Waals surface area contributed by atoms with Gasteiger partial charge in [-0.3, -0.25) is 14.3 Å². The Labute approximate surface area is 113 Å². The number of amides is 1. The summed E-state index contributed by atoms with van der Waals surface area (Å²) in [5, 5.41) is 13.0. The van der Waals surface area contributed by atoms with Crippen molar-refractivity contribution in [3.8, 4) is 0 Å². The van der Waals surface area contributed by atoms with Gasteiger partial charge in [0, 0.05) is 18.8 Å². The number of carbonyl (C=O) groups excluding carboxylic acids is 1. The molecule has 0 saturated carbocycles. The molecule has 0 aromatic carbocycles. The van der Waals surface area contributed by atoms with Gasteiger partial charge in [-0.25, -0.2) is 0 Å². The van der Waals surface area contributed by atoms with Crippen molar-refractivity contribution in [3.63, 3.8) is 0 Å². The smallest absolute Gasteiger partial charge is 0.323 e. The molecule has 0 atom stereocenters. The summed E-state index contributed by atoms with van der Waals surface area (Å²) in [5.41, 5.74) is 1.24. The van der Waals surface area contributed by atoms with Gasteiger partial charge in [-0.2, -0.15) is 5.10 Å². The topological polar surface area (TPSA) is 75.4 Å². The lowest BCUT2D eigenvalue weighted by Crippen LogP contribution is -2.40. The molecule has 0 unspecified atom stereocenters. The van der Waals surface area contributed by atoms with Gasteiger partial charge < -0.3 is 10.0 Å². The average molecular weight is 267 g/mol. The van der Waals surface area contributed by atoms with Crippen molar-refractivity contribution in [2.45, 2.75) is 39.7 Å². The van der Waals surface area contributed by atoms with E-state index >= 15 is 0 Å². The molecule has 0 bridgehead atoms. The molecule has 1 aromatic heterocycles. The Kier molecular flexibility index (Phi) is 4.69. The molecule has 106 valence electrons. The van der Waals surface area contributed by atoms with Gasteiger partial charge in [0.25, 0.3) is 5.91 Å². The van der Waals surface area contributed by atoms with Crippen molar-refractivity contribution in [2.75, 3.05) is 6.54 Å². The fraction of sp³-hybridized carbons (Fsp3) is 0.615. The van der Waals surface area contributed by atoms with Gasteiger partial charge in [0.1, 0.15) is 6.54 Å². The van der Waals surface area contributed by atoms with E-state index in [9.17, 15) is 9.59 Å². The average Bonchev–Trinajstić information content (AvgIpc) is 2.66. The van der Waals surface area contributed by atoms with Crippen molar-refractivity contribution in [3.05, 3.63) is 17.5 Å². The Hall–Kier alpha value is -1.85. The minimum absolute atomic E-state index is 0.187. The van der Waals surface area contributed by atoms with Gasteiger partial charge in [-0.15, -0.1) is 0 Å². The number of carbonyl (C=O) groups is 2. The number of aryl methyl sites for hydroxylation is 1. The van der Waals surface area contributed by atoms with Crippen molar-refractivity contribution in [1.82, 2.24) is 14.7 Å². The number of carboxylic acid groups (broad SMARTS) is 1. The molecule has 1 heterocycles. The van der Waals surface area contributed by atoms with Crippen LogP contribution in [0.5, 0.6) is 0 Å². The number of carboxylic acids is 1. The summed E-state index contributed by atoms with van der Waals surface area (Å²) in [6, 6.07) is 1.54. The molecule has 6 heteroatoms. The summed E-state index contributed by atoms with van der Waals surface area (Å²) >= 11 is 0. The van der Waals surface area contributed by atoms with Crippen LogP contribution in [0.1, 0.15) is 49.8 Å². The summed E-state index contributed by atoms with van der Waals surface area (Å²) < 4.78 is 1.66. The van der Waals surface area contributed by atoms with E-state index in [1.807, 2.05) is 13.8 Å². The molecule has 0 fully saturated rings. The molecule has 1 amide bonds. The summed E-state index contributed by atoms with van der Waals surface area (Å²) in [4.78, 5) is 24.4. The normalized spacial score (nSPS) is 11.1. The molecule has 0 aliphatic heterocycles. The van der Waals surface area contributed by atoms with Crippen molar-refractivity contribution in [2.24, 2.45) is 7.05 Å². The second-order valence-corrected chi connectivity index (χ2v) is 5.15.